The molecule has 4 aromatic rings. The van der Waals surface area contributed by atoms with Crippen molar-refractivity contribution in [2.75, 3.05) is 11.1 Å². The van der Waals surface area contributed by atoms with Crippen LogP contribution in [-0.2, 0) is 4.79 Å². The van der Waals surface area contributed by atoms with Crippen molar-refractivity contribution in [1.82, 2.24) is 4.98 Å². The molecule has 8 heteroatoms. The van der Waals surface area contributed by atoms with Gasteiger partial charge in [0, 0.05) is 31.9 Å². The third kappa shape index (κ3) is 6.17. The van der Waals surface area contributed by atoms with Gasteiger partial charge < -0.3 is 5.32 Å². The number of anilines is 1. The Bertz CT molecular complexity index is 1430. The number of benzene rings is 3. The number of halogens is 3. The van der Waals surface area contributed by atoms with Gasteiger partial charge in [0.15, 0.2) is 0 Å². The van der Waals surface area contributed by atoms with Crippen molar-refractivity contribution in [2.45, 2.75) is 11.9 Å². The van der Waals surface area contributed by atoms with Crippen LogP contribution < -0.4 is 5.32 Å². The van der Waals surface area contributed by atoms with Crippen molar-refractivity contribution in [3.05, 3.63) is 99.0 Å². The number of thioether (sulfide) groups is 1. The maximum atomic E-state index is 12.7. The van der Waals surface area contributed by atoms with Gasteiger partial charge in [-0.3, -0.25) is 4.79 Å². The van der Waals surface area contributed by atoms with E-state index in [1.165, 1.54) is 11.8 Å². The van der Waals surface area contributed by atoms with Crippen LogP contribution in [-0.4, -0.2) is 16.6 Å². The number of aryl methyl sites for hydroxylation is 1. The van der Waals surface area contributed by atoms with E-state index < -0.39 is 0 Å². The molecule has 0 bridgehead atoms. The number of amides is 1. The zero-order valence-corrected chi connectivity index (χ0v) is 21.6. The molecule has 0 radical (unpaired) electrons. The first kappa shape index (κ1) is 25.1. The zero-order chi connectivity index (χ0) is 24.9. The predicted molar refractivity (Wildman–Crippen MR) is 145 cm³/mol. The molecule has 1 heterocycles. The lowest BCUT2D eigenvalue weighted by Gasteiger charge is -2.13. The second kappa shape index (κ2) is 11.2. The summed E-state index contributed by atoms with van der Waals surface area (Å²) in [5.41, 5.74) is 4.96. The molecule has 0 aliphatic heterocycles. The molecular formula is C27H18Cl3N3OS. The summed E-state index contributed by atoms with van der Waals surface area (Å²) in [5.74, 6) is -0.164. The number of nitrogens with zero attached hydrogens (tertiary/aromatic N) is 2. The number of carbonyl (C=O) groups is 1. The second-order valence-electron chi connectivity index (χ2n) is 7.66. The highest BCUT2D eigenvalue weighted by molar-refractivity contribution is 8.00. The van der Waals surface area contributed by atoms with Crippen LogP contribution in [0.3, 0.4) is 0 Å². The van der Waals surface area contributed by atoms with Crippen molar-refractivity contribution >= 4 is 58.2 Å². The maximum absolute atomic E-state index is 12.7. The predicted octanol–water partition coefficient (Wildman–Crippen LogP) is 8.29. The van der Waals surface area contributed by atoms with Crippen LogP contribution in [0.1, 0.15) is 11.1 Å². The normalized spacial score (nSPS) is 10.6. The number of hydrogen-bond acceptors (Lipinski definition) is 4. The SMILES string of the molecule is Cc1ccc(NC(=O)CSc2nc(-c3ccc(Cl)cc3)cc(-c3ccc(Cl)cc3)c2C#N)cc1Cl. The topological polar surface area (TPSA) is 65.8 Å². The molecule has 1 N–H and O–H groups in total. The van der Waals surface area contributed by atoms with Gasteiger partial charge in [-0.1, -0.05) is 76.9 Å². The minimum atomic E-state index is -0.231. The van der Waals surface area contributed by atoms with E-state index in [0.29, 0.717) is 42.6 Å². The van der Waals surface area contributed by atoms with Gasteiger partial charge in [-0.25, -0.2) is 4.98 Å². The Hall–Kier alpha value is -3.01. The van der Waals surface area contributed by atoms with Crippen LogP contribution in [0, 0.1) is 18.3 Å². The fourth-order valence-corrected chi connectivity index (χ4v) is 4.60. The summed E-state index contributed by atoms with van der Waals surface area (Å²) in [6.07, 6.45) is 0. The van der Waals surface area contributed by atoms with E-state index in [4.69, 9.17) is 39.8 Å². The minimum absolute atomic E-state index is 0.0668. The number of pyridine rings is 1. The summed E-state index contributed by atoms with van der Waals surface area (Å²) in [7, 11) is 0. The molecule has 0 fully saturated rings. The maximum Gasteiger partial charge on any atom is 0.234 e. The van der Waals surface area contributed by atoms with Gasteiger partial charge in [-0.2, -0.15) is 5.26 Å². The number of aromatic nitrogens is 1. The average Bonchev–Trinajstić information content (AvgIpc) is 2.85. The van der Waals surface area contributed by atoms with Crippen molar-refractivity contribution in [2.24, 2.45) is 0 Å². The van der Waals surface area contributed by atoms with Gasteiger partial charge in [-0.05, 0) is 60.5 Å². The standard InChI is InChI=1S/C27H18Cl3N3OS/c1-16-2-11-21(12-24(16)30)32-26(34)15-35-27-23(14-31)22(17-3-7-19(28)8-4-17)13-25(33-27)18-5-9-20(29)10-6-18/h2-13H,15H2,1H3,(H,32,34). The van der Waals surface area contributed by atoms with E-state index in [2.05, 4.69) is 11.4 Å². The van der Waals surface area contributed by atoms with Gasteiger partial charge in [0.1, 0.15) is 11.1 Å². The lowest BCUT2D eigenvalue weighted by Crippen LogP contribution is -2.14. The Balaban J connectivity index is 1.68. The summed E-state index contributed by atoms with van der Waals surface area (Å²) in [5, 5.41) is 15.1. The van der Waals surface area contributed by atoms with Gasteiger partial charge in [0.2, 0.25) is 5.91 Å². The second-order valence-corrected chi connectivity index (χ2v) is 9.91. The molecule has 0 aliphatic carbocycles. The smallest absolute Gasteiger partial charge is 0.234 e. The Morgan fingerprint density at radius 1 is 0.943 bits per heavy atom. The Morgan fingerprint density at radius 2 is 1.57 bits per heavy atom. The van der Waals surface area contributed by atoms with E-state index in [1.54, 1.807) is 36.4 Å². The van der Waals surface area contributed by atoms with Crippen LogP contribution in [0.2, 0.25) is 15.1 Å². The highest BCUT2D eigenvalue weighted by atomic mass is 35.5. The molecule has 0 saturated heterocycles. The van der Waals surface area contributed by atoms with Crippen molar-refractivity contribution in [3.63, 3.8) is 0 Å². The van der Waals surface area contributed by atoms with Gasteiger partial charge >= 0.3 is 0 Å². The lowest BCUT2D eigenvalue weighted by atomic mass is 9.99. The van der Waals surface area contributed by atoms with Gasteiger partial charge in [0.25, 0.3) is 0 Å². The quantitative estimate of drug-likeness (QED) is 0.251. The first-order chi connectivity index (χ1) is 16.8. The van der Waals surface area contributed by atoms with E-state index in [1.807, 2.05) is 43.3 Å². The van der Waals surface area contributed by atoms with Crippen LogP contribution in [0.5, 0.6) is 0 Å². The van der Waals surface area contributed by atoms with Crippen LogP contribution in [0.15, 0.2) is 77.8 Å². The molecule has 4 rings (SSSR count). The lowest BCUT2D eigenvalue weighted by molar-refractivity contribution is -0.113. The fraction of sp³-hybridized carbons (Fsp3) is 0.0741. The summed E-state index contributed by atoms with van der Waals surface area (Å²) in [6.45, 7) is 1.89. The van der Waals surface area contributed by atoms with E-state index in [9.17, 15) is 10.1 Å². The Morgan fingerprint density at radius 3 is 2.17 bits per heavy atom. The van der Waals surface area contributed by atoms with E-state index >= 15 is 0 Å². The number of rotatable bonds is 6. The van der Waals surface area contributed by atoms with Gasteiger partial charge in [0.05, 0.1) is 17.0 Å². The molecular weight excluding hydrogens is 521 g/mol. The molecule has 1 amide bonds. The Kier molecular flexibility index (Phi) is 8.00. The highest BCUT2D eigenvalue weighted by Gasteiger charge is 2.17. The van der Waals surface area contributed by atoms with Crippen LogP contribution in [0.4, 0.5) is 5.69 Å². The first-order valence-electron chi connectivity index (χ1n) is 10.5. The molecule has 0 aliphatic rings. The van der Waals surface area contributed by atoms with Crippen LogP contribution >= 0.6 is 46.6 Å². The molecule has 0 spiro atoms. The first-order valence-corrected chi connectivity index (χ1v) is 12.6. The van der Waals surface area contributed by atoms with Crippen molar-refractivity contribution in [1.29, 1.82) is 5.26 Å². The summed E-state index contributed by atoms with van der Waals surface area (Å²) in [4.78, 5) is 17.4. The third-order valence-corrected chi connectivity index (χ3v) is 7.08. The summed E-state index contributed by atoms with van der Waals surface area (Å²) in [6, 6.07) is 24.0. The summed E-state index contributed by atoms with van der Waals surface area (Å²) >= 11 is 19.5. The van der Waals surface area contributed by atoms with E-state index in [-0.39, 0.29) is 11.7 Å². The minimum Gasteiger partial charge on any atom is -0.325 e. The third-order valence-electron chi connectivity index (χ3n) is 5.19. The average molecular weight is 539 g/mol. The van der Waals surface area contributed by atoms with E-state index in [0.717, 1.165) is 16.7 Å². The highest BCUT2D eigenvalue weighted by Crippen LogP contribution is 2.35. The molecule has 4 nitrogen and oxygen atoms in total. The summed E-state index contributed by atoms with van der Waals surface area (Å²) < 4.78 is 0. The molecule has 0 saturated carbocycles. The van der Waals surface area contributed by atoms with Crippen molar-refractivity contribution in [3.8, 4) is 28.5 Å². The molecule has 3 aromatic carbocycles. The van der Waals surface area contributed by atoms with Crippen molar-refractivity contribution < 1.29 is 4.79 Å². The number of carbonyl (C=O) groups excluding carboxylic acids is 1. The number of nitriles is 1. The molecule has 1 aromatic heterocycles. The Labute approximate surface area is 222 Å². The van der Waals surface area contributed by atoms with Gasteiger partial charge in [-0.15, -0.1) is 0 Å². The molecule has 174 valence electrons. The largest absolute Gasteiger partial charge is 0.325 e. The van der Waals surface area contributed by atoms with Crippen LogP contribution in [0.25, 0.3) is 22.4 Å². The molecule has 0 unspecified atom stereocenters. The monoisotopic (exact) mass is 537 g/mol. The fourth-order valence-electron chi connectivity index (χ4n) is 3.36. The number of hydrogen-bond donors (Lipinski definition) is 1. The molecule has 0 atom stereocenters. The molecule has 35 heavy (non-hydrogen) atoms. The zero-order valence-electron chi connectivity index (χ0n) is 18.5. The number of nitrogens with one attached hydrogen (secondary N) is 1.